The van der Waals surface area contributed by atoms with E-state index >= 15 is 0 Å². The van der Waals surface area contributed by atoms with Crippen molar-refractivity contribution in [3.05, 3.63) is 67.8 Å². The summed E-state index contributed by atoms with van der Waals surface area (Å²) in [6, 6.07) is 10.4. The number of urea groups is 1. The molecule has 0 unspecified atom stereocenters. The highest BCUT2D eigenvalue weighted by Gasteiger charge is 2.40. The molecule has 1 atom stereocenters. The normalized spacial score (nSPS) is 16.5. The fourth-order valence-electron chi connectivity index (χ4n) is 2.53. The van der Waals surface area contributed by atoms with Crippen molar-refractivity contribution in [2.24, 2.45) is 11.0 Å². The monoisotopic (exact) mass is 521 g/mol. The minimum atomic E-state index is -1.43. The SMILES string of the molecule is O=C(N/N=C\[C@H]1C(=O)NC(=O)N(c2ccc(I)cc2)C1=O)c1ccc([N+](=O)[O-])cc1. The number of non-ortho nitro benzene ring substituents is 1. The van der Waals surface area contributed by atoms with Crippen LogP contribution >= 0.6 is 22.6 Å². The molecule has 0 spiro atoms. The number of carbonyl (C=O) groups is 4. The van der Waals surface area contributed by atoms with Gasteiger partial charge in [0.05, 0.1) is 10.6 Å². The van der Waals surface area contributed by atoms with Crippen molar-refractivity contribution in [2.45, 2.75) is 0 Å². The van der Waals surface area contributed by atoms with Gasteiger partial charge in [0.1, 0.15) is 0 Å². The van der Waals surface area contributed by atoms with Gasteiger partial charge >= 0.3 is 6.03 Å². The van der Waals surface area contributed by atoms with Crippen molar-refractivity contribution in [1.82, 2.24) is 10.7 Å². The number of nitro groups is 1. The van der Waals surface area contributed by atoms with Crippen LogP contribution in [0.15, 0.2) is 53.6 Å². The highest BCUT2D eigenvalue weighted by molar-refractivity contribution is 14.1. The van der Waals surface area contributed by atoms with Crippen LogP contribution < -0.4 is 15.6 Å². The lowest BCUT2D eigenvalue weighted by Gasteiger charge is -2.28. The number of carbonyl (C=O) groups excluding carboxylic acids is 4. The molecule has 11 nitrogen and oxygen atoms in total. The van der Waals surface area contributed by atoms with Crippen LogP contribution in [-0.4, -0.2) is 34.9 Å². The molecule has 2 N–H and O–H groups in total. The number of hydrazone groups is 1. The Hall–Kier alpha value is -3.68. The number of hydrogen-bond donors (Lipinski definition) is 2. The standard InChI is InChI=1S/C18H12IN5O6/c19-11-3-7-12(8-4-11)23-17(27)14(16(26)21-18(23)28)9-20-22-15(25)10-1-5-13(6-2-10)24(29)30/h1-9,14H,(H,22,25)(H,21,26,28)/b20-9-/t14-/m0/s1. The average molecular weight is 521 g/mol. The lowest BCUT2D eigenvalue weighted by atomic mass is 10.1. The predicted molar refractivity (Wildman–Crippen MR) is 113 cm³/mol. The van der Waals surface area contributed by atoms with Gasteiger partial charge < -0.3 is 0 Å². The number of amides is 5. The van der Waals surface area contributed by atoms with Crippen molar-refractivity contribution in [3.8, 4) is 0 Å². The minimum Gasteiger partial charge on any atom is -0.276 e. The summed E-state index contributed by atoms with van der Waals surface area (Å²) in [6.45, 7) is 0. The number of nitro benzene ring substituents is 1. The van der Waals surface area contributed by atoms with Gasteiger partial charge in [0.25, 0.3) is 17.5 Å². The summed E-state index contributed by atoms with van der Waals surface area (Å²) in [5.74, 6) is -3.83. The van der Waals surface area contributed by atoms with Crippen molar-refractivity contribution in [1.29, 1.82) is 0 Å². The first-order chi connectivity index (χ1) is 14.3. The Bertz CT molecular complexity index is 1070. The number of rotatable bonds is 5. The average Bonchev–Trinajstić information content (AvgIpc) is 2.71. The molecule has 1 aliphatic rings. The second-order valence-electron chi connectivity index (χ2n) is 5.95. The van der Waals surface area contributed by atoms with E-state index < -0.39 is 34.6 Å². The molecule has 5 amide bonds. The number of imide groups is 2. The zero-order valence-corrected chi connectivity index (χ0v) is 17.1. The Morgan fingerprint density at radius 3 is 2.37 bits per heavy atom. The summed E-state index contributed by atoms with van der Waals surface area (Å²) in [4.78, 5) is 59.7. The number of barbiturate groups is 1. The van der Waals surface area contributed by atoms with Gasteiger partial charge in [-0.15, -0.1) is 0 Å². The van der Waals surface area contributed by atoms with Gasteiger partial charge in [-0.25, -0.2) is 15.1 Å². The third kappa shape index (κ3) is 4.48. The first-order valence-electron chi connectivity index (χ1n) is 8.30. The Morgan fingerprint density at radius 1 is 1.13 bits per heavy atom. The van der Waals surface area contributed by atoms with E-state index in [1.807, 2.05) is 0 Å². The van der Waals surface area contributed by atoms with Gasteiger partial charge in [0.2, 0.25) is 5.91 Å². The van der Waals surface area contributed by atoms with Crippen LogP contribution in [0.3, 0.4) is 0 Å². The summed E-state index contributed by atoms with van der Waals surface area (Å²) in [5.41, 5.74) is 2.32. The van der Waals surface area contributed by atoms with Crippen molar-refractivity contribution >= 4 is 63.9 Å². The van der Waals surface area contributed by atoms with E-state index in [-0.39, 0.29) is 16.9 Å². The smallest absolute Gasteiger partial charge is 0.276 e. The number of nitrogens with one attached hydrogen (secondary N) is 2. The van der Waals surface area contributed by atoms with Gasteiger partial charge in [-0.2, -0.15) is 5.10 Å². The minimum absolute atomic E-state index is 0.0906. The quantitative estimate of drug-likeness (QED) is 0.201. The Labute approximate surface area is 182 Å². The summed E-state index contributed by atoms with van der Waals surface area (Å²) in [5, 5.41) is 16.3. The van der Waals surface area contributed by atoms with Crippen LogP contribution in [-0.2, 0) is 9.59 Å². The molecule has 0 saturated carbocycles. The predicted octanol–water partition coefficient (Wildman–Crippen LogP) is 1.81. The van der Waals surface area contributed by atoms with Crippen LogP contribution in [0.2, 0.25) is 0 Å². The molecule has 3 rings (SSSR count). The number of halogens is 1. The molecule has 0 radical (unpaired) electrons. The maximum Gasteiger partial charge on any atom is 0.335 e. The van der Waals surface area contributed by atoms with Gasteiger partial charge in [-0.3, -0.25) is 29.8 Å². The molecule has 2 aromatic rings. The van der Waals surface area contributed by atoms with Crippen LogP contribution in [0.1, 0.15) is 10.4 Å². The van der Waals surface area contributed by atoms with E-state index in [1.54, 1.807) is 24.3 Å². The molecule has 0 aromatic heterocycles. The lowest BCUT2D eigenvalue weighted by molar-refractivity contribution is -0.384. The maximum absolute atomic E-state index is 12.7. The maximum atomic E-state index is 12.7. The summed E-state index contributed by atoms with van der Waals surface area (Å²) < 4.78 is 0.893. The molecule has 1 heterocycles. The van der Waals surface area contributed by atoms with Gasteiger partial charge in [0, 0.05) is 27.5 Å². The first-order valence-corrected chi connectivity index (χ1v) is 9.38. The molecule has 2 aromatic carbocycles. The molecule has 1 saturated heterocycles. The second-order valence-corrected chi connectivity index (χ2v) is 7.19. The van der Waals surface area contributed by atoms with Crippen molar-refractivity contribution in [3.63, 3.8) is 0 Å². The summed E-state index contributed by atoms with van der Waals surface area (Å²) in [7, 11) is 0. The largest absolute Gasteiger partial charge is 0.335 e. The van der Waals surface area contributed by atoms with Crippen LogP contribution in [0.4, 0.5) is 16.2 Å². The van der Waals surface area contributed by atoms with E-state index in [4.69, 9.17) is 0 Å². The van der Waals surface area contributed by atoms with Crippen LogP contribution in [0.25, 0.3) is 0 Å². The molecule has 1 aliphatic heterocycles. The van der Waals surface area contributed by atoms with Gasteiger partial charge in [-0.1, -0.05) is 0 Å². The molecule has 12 heteroatoms. The number of benzene rings is 2. The fourth-order valence-corrected chi connectivity index (χ4v) is 2.89. The van der Waals surface area contributed by atoms with E-state index in [9.17, 15) is 29.3 Å². The van der Waals surface area contributed by atoms with Crippen LogP contribution in [0.5, 0.6) is 0 Å². The number of hydrogen-bond acceptors (Lipinski definition) is 7. The molecule has 1 fully saturated rings. The van der Waals surface area contributed by atoms with Crippen LogP contribution in [0, 0.1) is 19.6 Å². The van der Waals surface area contributed by atoms with E-state index in [2.05, 4.69) is 38.4 Å². The Balaban J connectivity index is 1.71. The summed E-state index contributed by atoms with van der Waals surface area (Å²) in [6.07, 6.45) is 0.910. The van der Waals surface area contributed by atoms with Gasteiger partial charge in [-0.05, 0) is 59.0 Å². The van der Waals surface area contributed by atoms with E-state index in [1.165, 1.54) is 12.1 Å². The number of nitrogens with zero attached hydrogens (tertiary/aromatic N) is 3. The zero-order valence-electron chi connectivity index (χ0n) is 14.9. The topological polar surface area (TPSA) is 151 Å². The molecule has 30 heavy (non-hydrogen) atoms. The van der Waals surface area contributed by atoms with Gasteiger partial charge in [0.15, 0.2) is 5.92 Å². The highest BCUT2D eigenvalue weighted by Crippen LogP contribution is 2.21. The van der Waals surface area contributed by atoms with E-state index in [0.29, 0.717) is 0 Å². The molecular weight excluding hydrogens is 509 g/mol. The van der Waals surface area contributed by atoms with E-state index in [0.717, 1.165) is 26.8 Å². The zero-order chi connectivity index (χ0) is 21.8. The lowest BCUT2D eigenvalue weighted by Crippen LogP contribution is -2.58. The third-order valence-electron chi connectivity index (χ3n) is 4.02. The Kier molecular flexibility index (Phi) is 6.15. The molecule has 152 valence electrons. The van der Waals surface area contributed by atoms with Crippen molar-refractivity contribution < 1.29 is 24.1 Å². The molecular formula is C18H12IN5O6. The Morgan fingerprint density at radius 2 is 1.77 bits per heavy atom. The fraction of sp³-hybridized carbons (Fsp3) is 0.0556. The number of anilines is 1. The summed E-state index contributed by atoms with van der Waals surface area (Å²) >= 11 is 2.07. The third-order valence-corrected chi connectivity index (χ3v) is 4.74. The highest BCUT2D eigenvalue weighted by atomic mass is 127. The molecule has 0 bridgehead atoms. The molecule has 0 aliphatic carbocycles. The first kappa shape index (κ1) is 21.0. The van der Waals surface area contributed by atoms with Crippen molar-refractivity contribution in [2.75, 3.05) is 4.90 Å². The second kappa shape index (κ2) is 8.77.